The van der Waals surface area contributed by atoms with Crippen molar-refractivity contribution in [3.8, 4) is 0 Å². The molecule has 0 aromatic heterocycles. The maximum Gasteiger partial charge on any atom is 0.343 e. The highest BCUT2D eigenvalue weighted by Crippen LogP contribution is 2.40. The second-order valence-corrected chi connectivity index (χ2v) is 12.1. The number of benzene rings is 1. The normalized spacial score (nSPS) is 24.8. The molecule has 2 nitrogen and oxygen atoms in total. The van der Waals surface area contributed by atoms with Gasteiger partial charge in [-0.05, 0) is 48.7 Å². The lowest BCUT2D eigenvalue weighted by Crippen LogP contribution is -2.54. The van der Waals surface area contributed by atoms with E-state index in [4.69, 9.17) is 8.85 Å². The van der Waals surface area contributed by atoms with Crippen LogP contribution in [-0.4, -0.2) is 20.8 Å². The third-order valence-corrected chi connectivity index (χ3v) is 9.90. The van der Waals surface area contributed by atoms with Crippen LogP contribution in [0.2, 0.25) is 11.1 Å². The molecule has 2 atom stereocenters. The summed E-state index contributed by atoms with van der Waals surface area (Å²) in [4.78, 5) is 0. The van der Waals surface area contributed by atoms with Gasteiger partial charge in [-0.3, -0.25) is 0 Å². The summed E-state index contributed by atoms with van der Waals surface area (Å²) >= 11 is 0. The highest BCUT2D eigenvalue weighted by atomic mass is 28.4. The van der Waals surface area contributed by atoms with Crippen LogP contribution in [0.25, 0.3) is 0 Å². The molecule has 1 saturated heterocycles. The fraction of sp³-hybridized carbons (Fsp3) is 0.714. The Morgan fingerprint density at radius 1 is 0.958 bits per heavy atom. The largest absolute Gasteiger partial charge is 0.391 e. The van der Waals surface area contributed by atoms with E-state index in [9.17, 15) is 0 Å². The minimum Gasteiger partial charge on any atom is -0.391 e. The SMILES string of the molecule is CCC[C@H]1CCC[C@H](Cc2ccccc2)O[Si](C(C)C)(C(C)C)O1. The number of hydrogen-bond acceptors (Lipinski definition) is 2. The fourth-order valence-corrected chi connectivity index (χ4v) is 7.95. The Morgan fingerprint density at radius 2 is 1.54 bits per heavy atom. The smallest absolute Gasteiger partial charge is 0.343 e. The Morgan fingerprint density at radius 3 is 2.12 bits per heavy atom. The van der Waals surface area contributed by atoms with Crippen LogP contribution < -0.4 is 0 Å². The molecule has 0 N–H and O–H groups in total. The Bertz CT molecular complexity index is 464. The topological polar surface area (TPSA) is 18.5 Å². The molecule has 136 valence electrons. The summed E-state index contributed by atoms with van der Waals surface area (Å²) in [6.45, 7) is 11.5. The summed E-state index contributed by atoms with van der Waals surface area (Å²) in [5.74, 6) is 0. The van der Waals surface area contributed by atoms with Crippen molar-refractivity contribution in [2.75, 3.05) is 0 Å². The molecule has 1 heterocycles. The van der Waals surface area contributed by atoms with E-state index in [2.05, 4.69) is 65.0 Å². The minimum absolute atomic E-state index is 0.298. The molecule has 0 spiro atoms. The van der Waals surface area contributed by atoms with Gasteiger partial charge >= 0.3 is 8.56 Å². The molecule has 1 fully saturated rings. The van der Waals surface area contributed by atoms with E-state index in [1.807, 2.05) is 0 Å². The summed E-state index contributed by atoms with van der Waals surface area (Å²) < 4.78 is 13.7. The Balaban J connectivity index is 2.21. The zero-order valence-corrected chi connectivity index (χ0v) is 17.3. The molecule has 24 heavy (non-hydrogen) atoms. The first-order chi connectivity index (χ1) is 11.5. The Hall–Kier alpha value is -0.643. The van der Waals surface area contributed by atoms with Crippen molar-refractivity contribution < 1.29 is 8.85 Å². The lowest BCUT2D eigenvalue weighted by atomic mass is 10.0. The fourth-order valence-electron chi connectivity index (χ4n) is 4.00. The zero-order chi connectivity index (χ0) is 17.6. The van der Waals surface area contributed by atoms with Crippen molar-refractivity contribution in [3.05, 3.63) is 35.9 Å². The van der Waals surface area contributed by atoms with Crippen molar-refractivity contribution in [2.24, 2.45) is 0 Å². The van der Waals surface area contributed by atoms with Gasteiger partial charge in [-0.1, -0.05) is 71.4 Å². The molecule has 0 bridgehead atoms. The van der Waals surface area contributed by atoms with E-state index in [-0.39, 0.29) is 0 Å². The van der Waals surface area contributed by atoms with Crippen LogP contribution in [0.5, 0.6) is 0 Å². The van der Waals surface area contributed by atoms with Crippen molar-refractivity contribution >= 4 is 8.56 Å². The number of hydrogen-bond donors (Lipinski definition) is 0. The first kappa shape index (κ1) is 19.7. The van der Waals surface area contributed by atoms with E-state index >= 15 is 0 Å². The molecule has 0 unspecified atom stereocenters. The van der Waals surface area contributed by atoms with Crippen molar-refractivity contribution in [1.29, 1.82) is 0 Å². The highest BCUT2D eigenvalue weighted by Gasteiger charge is 2.48. The van der Waals surface area contributed by atoms with Crippen LogP contribution >= 0.6 is 0 Å². The molecule has 1 aliphatic rings. The van der Waals surface area contributed by atoms with Crippen LogP contribution in [0.15, 0.2) is 30.3 Å². The maximum atomic E-state index is 6.90. The lowest BCUT2D eigenvalue weighted by molar-refractivity contribution is 0.0340. The van der Waals surface area contributed by atoms with E-state index < -0.39 is 8.56 Å². The third kappa shape index (κ3) is 4.93. The summed E-state index contributed by atoms with van der Waals surface area (Å²) in [6.07, 6.45) is 7.62. The van der Waals surface area contributed by atoms with Crippen molar-refractivity contribution in [3.63, 3.8) is 0 Å². The average molecular weight is 349 g/mol. The quantitative estimate of drug-likeness (QED) is 0.566. The first-order valence-corrected chi connectivity index (χ1v) is 11.8. The Kier molecular flexibility index (Phi) is 7.51. The van der Waals surface area contributed by atoms with Gasteiger partial charge in [-0.2, -0.15) is 0 Å². The van der Waals surface area contributed by atoms with Crippen LogP contribution in [0.3, 0.4) is 0 Å². The van der Waals surface area contributed by atoms with Crippen molar-refractivity contribution in [1.82, 2.24) is 0 Å². The Labute approximate surface area is 150 Å². The van der Waals surface area contributed by atoms with Crippen LogP contribution in [0, 0.1) is 0 Å². The molecule has 0 amide bonds. The maximum absolute atomic E-state index is 6.90. The van der Waals surface area contributed by atoms with Gasteiger partial charge in [-0.15, -0.1) is 0 Å². The van der Waals surface area contributed by atoms with E-state index in [1.54, 1.807) is 0 Å². The predicted octanol–water partition coefficient (Wildman–Crippen LogP) is 6.25. The summed E-state index contributed by atoms with van der Waals surface area (Å²) in [5, 5.41) is 0. The van der Waals surface area contributed by atoms with Gasteiger partial charge in [0.1, 0.15) is 0 Å². The van der Waals surface area contributed by atoms with Gasteiger partial charge in [0.05, 0.1) is 6.10 Å². The number of rotatable bonds is 6. The first-order valence-electron chi connectivity index (χ1n) is 9.87. The molecule has 2 rings (SSSR count). The van der Waals surface area contributed by atoms with Gasteiger partial charge in [0.2, 0.25) is 0 Å². The standard InChI is InChI=1S/C21H36O2Si/c1-6-11-20-14-10-15-21(16-19-12-8-7-9-13-19)23-24(22-20,17(2)3)18(4)5/h7-9,12-13,17-18,20-21H,6,10-11,14-16H2,1-5H3/t20-,21+/m0/s1. The molecular formula is C21H36O2Si. The molecule has 1 aromatic rings. The average Bonchev–Trinajstić information content (AvgIpc) is 2.52. The molecule has 0 saturated carbocycles. The van der Waals surface area contributed by atoms with Gasteiger partial charge in [0.15, 0.2) is 0 Å². The van der Waals surface area contributed by atoms with Gasteiger partial charge in [0, 0.05) is 6.10 Å². The van der Waals surface area contributed by atoms with E-state index in [0.717, 1.165) is 12.8 Å². The predicted molar refractivity (Wildman–Crippen MR) is 105 cm³/mol. The zero-order valence-electron chi connectivity index (χ0n) is 16.3. The molecule has 0 aliphatic carbocycles. The third-order valence-electron chi connectivity index (χ3n) is 5.28. The van der Waals surface area contributed by atoms with Gasteiger partial charge in [0.25, 0.3) is 0 Å². The second kappa shape index (κ2) is 9.16. The van der Waals surface area contributed by atoms with Crippen LogP contribution in [0.1, 0.15) is 72.3 Å². The summed E-state index contributed by atoms with van der Waals surface area (Å²) in [7, 11) is -2.24. The van der Waals surface area contributed by atoms with E-state index in [0.29, 0.717) is 23.3 Å². The lowest BCUT2D eigenvalue weighted by Gasteiger charge is -2.44. The molecule has 1 aliphatic heterocycles. The van der Waals surface area contributed by atoms with Crippen molar-refractivity contribution in [2.45, 2.75) is 96.4 Å². The van der Waals surface area contributed by atoms with Gasteiger partial charge in [-0.25, -0.2) is 0 Å². The minimum atomic E-state index is -2.24. The van der Waals surface area contributed by atoms with Crippen LogP contribution in [-0.2, 0) is 15.3 Å². The van der Waals surface area contributed by atoms with Gasteiger partial charge < -0.3 is 8.85 Å². The summed E-state index contributed by atoms with van der Waals surface area (Å²) in [5.41, 5.74) is 2.34. The molecule has 1 aromatic carbocycles. The molecular weight excluding hydrogens is 312 g/mol. The second-order valence-electron chi connectivity index (χ2n) is 7.92. The van der Waals surface area contributed by atoms with E-state index in [1.165, 1.54) is 31.2 Å². The van der Waals surface area contributed by atoms with Crippen LogP contribution in [0.4, 0.5) is 0 Å². The summed E-state index contributed by atoms with van der Waals surface area (Å²) in [6, 6.07) is 10.8. The molecule has 3 heteroatoms. The monoisotopic (exact) mass is 348 g/mol. The molecule has 0 radical (unpaired) electrons. The highest BCUT2D eigenvalue weighted by molar-refractivity contribution is 6.70.